The molecule has 2 aromatic rings. The van der Waals surface area contributed by atoms with Gasteiger partial charge in [0.15, 0.2) is 0 Å². The van der Waals surface area contributed by atoms with E-state index in [2.05, 4.69) is 0 Å². The van der Waals surface area contributed by atoms with Crippen LogP contribution in [0.1, 0.15) is 10.4 Å². The molecule has 0 radical (unpaired) electrons. The lowest BCUT2D eigenvalue weighted by Crippen LogP contribution is -1.96. The van der Waals surface area contributed by atoms with Gasteiger partial charge in [-0.05, 0) is 36.4 Å². The van der Waals surface area contributed by atoms with Crippen LogP contribution in [-0.4, -0.2) is 28.2 Å². The number of nitro groups is 1. The Hall–Kier alpha value is -3.09. The molecule has 0 heterocycles. The summed E-state index contributed by atoms with van der Waals surface area (Å²) in [6.45, 7) is 0. The molecule has 2 N–H and O–H groups in total. The van der Waals surface area contributed by atoms with Gasteiger partial charge in [0.1, 0.15) is 11.5 Å². The molecule has 0 saturated carbocycles. The van der Waals surface area contributed by atoms with E-state index in [4.69, 9.17) is 14.9 Å². The quantitative estimate of drug-likeness (QED) is 0.664. The molecule has 7 nitrogen and oxygen atoms in total. The zero-order valence-corrected chi connectivity index (χ0v) is 11.1. The van der Waals surface area contributed by atoms with Crippen molar-refractivity contribution < 1.29 is 24.7 Å². The van der Waals surface area contributed by atoms with E-state index < -0.39 is 10.9 Å². The minimum absolute atomic E-state index is 0.0422. The summed E-state index contributed by atoms with van der Waals surface area (Å²) < 4.78 is 4.86. The van der Waals surface area contributed by atoms with E-state index in [1.807, 2.05) is 0 Å². The zero-order valence-electron chi connectivity index (χ0n) is 11.1. The number of aromatic hydroxyl groups is 1. The first kappa shape index (κ1) is 16.0. The summed E-state index contributed by atoms with van der Waals surface area (Å²) in [6.07, 6.45) is 0. The molecular weight excluding hydrogens is 278 g/mol. The van der Waals surface area contributed by atoms with Crippen LogP contribution in [0.3, 0.4) is 0 Å². The molecule has 2 aromatic carbocycles. The Labute approximate surface area is 120 Å². The summed E-state index contributed by atoms with van der Waals surface area (Å²) in [5, 5.41) is 27.4. The Morgan fingerprint density at radius 3 is 2.00 bits per heavy atom. The van der Waals surface area contributed by atoms with Gasteiger partial charge in [-0.25, -0.2) is 4.79 Å². The van der Waals surface area contributed by atoms with Crippen LogP contribution >= 0.6 is 0 Å². The van der Waals surface area contributed by atoms with Crippen molar-refractivity contribution in [1.82, 2.24) is 0 Å². The van der Waals surface area contributed by atoms with E-state index in [0.717, 1.165) is 17.9 Å². The van der Waals surface area contributed by atoms with Crippen molar-refractivity contribution >= 4 is 11.7 Å². The second kappa shape index (κ2) is 7.49. The largest absolute Gasteiger partial charge is 0.508 e. The number of hydrogen-bond donors (Lipinski definition) is 2. The molecule has 0 fully saturated rings. The number of aromatic carboxylic acids is 1. The van der Waals surface area contributed by atoms with Crippen LogP contribution < -0.4 is 4.74 Å². The van der Waals surface area contributed by atoms with E-state index >= 15 is 0 Å². The second-order valence-corrected chi connectivity index (χ2v) is 3.81. The molecule has 0 spiro atoms. The monoisotopic (exact) mass is 291 g/mol. The van der Waals surface area contributed by atoms with E-state index in [1.165, 1.54) is 12.1 Å². The molecule has 7 heteroatoms. The molecule has 0 aromatic heterocycles. The minimum atomic E-state index is -1.09. The van der Waals surface area contributed by atoms with Crippen molar-refractivity contribution in [2.75, 3.05) is 7.11 Å². The summed E-state index contributed by atoms with van der Waals surface area (Å²) in [7, 11) is 1.59. The van der Waals surface area contributed by atoms with Crippen LogP contribution in [0.25, 0.3) is 0 Å². The van der Waals surface area contributed by atoms with Gasteiger partial charge in [0, 0.05) is 12.1 Å². The van der Waals surface area contributed by atoms with Crippen LogP contribution in [0.5, 0.6) is 11.5 Å². The first-order valence-corrected chi connectivity index (χ1v) is 5.75. The molecule has 110 valence electrons. The minimum Gasteiger partial charge on any atom is -0.508 e. The number of non-ortho nitro benzene ring substituents is 1. The number of rotatable bonds is 3. The standard InChI is InChI=1S/C7H5NO4.C7H8O2/c9-7(10)5-1-3-6(4-2-5)8(11)12;1-9-7-4-2-6(8)3-5-7/h1-4H,(H,9,10);2-5,8H,1H3. The van der Waals surface area contributed by atoms with Gasteiger partial charge in [-0.1, -0.05) is 0 Å². The molecule has 0 aliphatic rings. The fourth-order valence-electron chi connectivity index (χ4n) is 1.31. The lowest BCUT2D eigenvalue weighted by molar-refractivity contribution is -0.384. The van der Waals surface area contributed by atoms with Gasteiger partial charge in [-0.15, -0.1) is 0 Å². The highest BCUT2D eigenvalue weighted by Crippen LogP contribution is 2.14. The van der Waals surface area contributed by atoms with Crippen molar-refractivity contribution in [3.05, 3.63) is 64.2 Å². The number of benzene rings is 2. The van der Waals surface area contributed by atoms with Crippen LogP contribution in [0, 0.1) is 10.1 Å². The van der Waals surface area contributed by atoms with Gasteiger partial charge in [-0.3, -0.25) is 10.1 Å². The first-order chi connectivity index (χ1) is 9.93. The van der Waals surface area contributed by atoms with Crippen LogP contribution in [0.4, 0.5) is 5.69 Å². The molecule has 0 aliphatic heterocycles. The molecule has 0 atom stereocenters. The number of carbonyl (C=O) groups is 1. The highest BCUT2D eigenvalue weighted by molar-refractivity contribution is 5.87. The van der Waals surface area contributed by atoms with Gasteiger partial charge < -0.3 is 14.9 Å². The molecule has 2 rings (SSSR count). The second-order valence-electron chi connectivity index (χ2n) is 3.81. The van der Waals surface area contributed by atoms with Gasteiger partial charge in [0.25, 0.3) is 5.69 Å². The lowest BCUT2D eigenvalue weighted by Gasteiger charge is -1.96. The first-order valence-electron chi connectivity index (χ1n) is 5.75. The summed E-state index contributed by atoms with van der Waals surface area (Å²) in [5.41, 5.74) is -0.0689. The number of carboxylic acid groups (broad SMARTS) is 1. The van der Waals surface area contributed by atoms with E-state index in [0.29, 0.717) is 0 Å². The number of phenols is 1. The fraction of sp³-hybridized carbons (Fsp3) is 0.0714. The third-order valence-corrected chi connectivity index (χ3v) is 2.40. The van der Waals surface area contributed by atoms with E-state index in [-0.39, 0.29) is 17.0 Å². The predicted molar refractivity (Wildman–Crippen MR) is 74.7 cm³/mol. The van der Waals surface area contributed by atoms with Crippen molar-refractivity contribution in [2.45, 2.75) is 0 Å². The predicted octanol–water partition coefficient (Wildman–Crippen LogP) is 2.69. The maximum absolute atomic E-state index is 10.3. The third-order valence-electron chi connectivity index (χ3n) is 2.40. The highest BCUT2D eigenvalue weighted by atomic mass is 16.6. The maximum Gasteiger partial charge on any atom is 0.335 e. The highest BCUT2D eigenvalue weighted by Gasteiger charge is 2.06. The summed E-state index contributed by atoms with van der Waals surface area (Å²) >= 11 is 0. The fourth-order valence-corrected chi connectivity index (χ4v) is 1.31. The van der Waals surface area contributed by atoms with Crippen molar-refractivity contribution in [3.63, 3.8) is 0 Å². The number of nitrogens with zero attached hydrogens (tertiary/aromatic N) is 1. The summed E-state index contributed by atoms with van der Waals surface area (Å²) in [6, 6.07) is 11.3. The molecule has 21 heavy (non-hydrogen) atoms. The summed E-state index contributed by atoms with van der Waals surface area (Å²) in [5.74, 6) is -0.0755. The Kier molecular flexibility index (Phi) is 5.69. The van der Waals surface area contributed by atoms with Crippen molar-refractivity contribution in [1.29, 1.82) is 0 Å². The van der Waals surface area contributed by atoms with Gasteiger partial charge in [0.05, 0.1) is 17.6 Å². The van der Waals surface area contributed by atoms with Crippen molar-refractivity contribution in [3.8, 4) is 11.5 Å². The van der Waals surface area contributed by atoms with Crippen molar-refractivity contribution in [2.24, 2.45) is 0 Å². The molecule has 0 saturated heterocycles. The Morgan fingerprint density at radius 2 is 1.62 bits per heavy atom. The van der Waals surface area contributed by atoms with Gasteiger partial charge >= 0.3 is 5.97 Å². The summed E-state index contributed by atoms with van der Waals surface area (Å²) in [4.78, 5) is 19.9. The van der Waals surface area contributed by atoms with Crippen LogP contribution in [-0.2, 0) is 0 Å². The van der Waals surface area contributed by atoms with Gasteiger partial charge in [-0.2, -0.15) is 0 Å². The molecule has 0 unspecified atom stereocenters. The molecular formula is C14H13NO6. The van der Waals surface area contributed by atoms with E-state index in [1.54, 1.807) is 31.4 Å². The Morgan fingerprint density at radius 1 is 1.10 bits per heavy atom. The van der Waals surface area contributed by atoms with Crippen LogP contribution in [0.2, 0.25) is 0 Å². The molecule has 0 aliphatic carbocycles. The average molecular weight is 291 g/mol. The Balaban J connectivity index is 0.000000219. The number of ether oxygens (including phenoxy) is 1. The number of nitro benzene ring substituents is 1. The third kappa shape index (κ3) is 5.19. The average Bonchev–Trinajstić information content (AvgIpc) is 2.49. The normalized spacial score (nSPS) is 9.19. The topological polar surface area (TPSA) is 110 Å². The number of carboxylic acids is 1. The number of hydrogen-bond acceptors (Lipinski definition) is 5. The SMILES string of the molecule is COc1ccc(O)cc1.O=C(O)c1ccc([N+](=O)[O-])cc1. The smallest absolute Gasteiger partial charge is 0.335 e. The molecule has 0 amide bonds. The maximum atomic E-state index is 10.3. The van der Waals surface area contributed by atoms with E-state index in [9.17, 15) is 14.9 Å². The Bertz CT molecular complexity index is 573. The van der Waals surface area contributed by atoms with Crippen LogP contribution in [0.15, 0.2) is 48.5 Å². The molecule has 0 bridgehead atoms. The number of phenolic OH excluding ortho intramolecular Hbond substituents is 1. The number of methoxy groups -OCH3 is 1. The van der Waals surface area contributed by atoms with Gasteiger partial charge in [0.2, 0.25) is 0 Å². The zero-order chi connectivity index (χ0) is 15.8. The lowest BCUT2D eigenvalue weighted by atomic mass is 10.2.